The number of aliphatic hydroxyl groups is 1. The molecule has 4 heteroatoms. The van der Waals surface area contributed by atoms with Crippen LogP contribution in [0.4, 0.5) is 5.82 Å². The highest BCUT2D eigenvalue weighted by atomic mass is 16.5. The lowest BCUT2D eigenvalue weighted by atomic mass is 9.88. The largest absolute Gasteiger partial charge is 0.383 e. The lowest BCUT2D eigenvalue weighted by Gasteiger charge is -2.28. The Hall–Kier alpha value is -1.91. The molecular weight excluding hydrogens is 240 g/mol. The van der Waals surface area contributed by atoms with E-state index >= 15 is 0 Å². The van der Waals surface area contributed by atoms with Crippen molar-refractivity contribution in [3.63, 3.8) is 0 Å². The van der Waals surface area contributed by atoms with Crippen molar-refractivity contribution in [3.8, 4) is 0 Å². The first-order chi connectivity index (χ1) is 9.15. The molecule has 1 unspecified atom stereocenters. The molecule has 100 valence electrons. The summed E-state index contributed by atoms with van der Waals surface area (Å²) in [5, 5.41) is 10.9. The van der Waals surface area contributed by atoms with Crippen LogP contribution in [0.3, 0.4) is 0 Å². The van der Waals surface area contributed by atoms with Gasteiger partial charge >= 0.3 is 0 Å². The zero-order chi connectivity index (χ0) is 13.7. The molecule has 0 fully saturated rings. The number of methoxy groups -OCH3 is 1. The van der Waals surface area contributed by atoms with Gasteiger partial charge in [-0.3, -0.25) is 0 Å². The number of nitrogens with two attached hydrogens (primary N) is 1. The highest BCUT2D eigenvalue weighted by Crippen LogP contribution is 2.27. The zero-order valence-corrected chi connectivity index (χ0v) is 10.9. The van der Waals surface area contributed by atoms with Crippen LogP contribution in [0.1, 0.15) is 11.1 Å². The Morgan fingerprint density at radius 3 is 2.58 bits per heavy atom. The number of benzene rings is 1. The fraction of sp³-hybridized carbons (Fsp3) is 0.267. The van der Waals surface area contributed by atoms with E-state index in [0.717, 1.165) is 11.1 Å². The second kappa shape index (κ2) is 5.82. The van der Waals surface area contributed by atoms with Gasteiger partial charge in [0.25, 0.3) is 0 Å². The molecule has 19 heavy (non-hydrogen) atoms. The average molecular weight is 258 g/mol. The molecule has 4 nitrogen and oxygen atoms in total. The molecule has 0 radical (unpaired) electrons. The number of ether oxygens (including phenoxy) is 1. The molecule has 0 spiro atoms. The minimum Gasteiger partial charge on any atom is -0.383 e. The summed E-state index contributed by atoms with van der Waals surface area (Å²) in [5.41, 5.74) is 6.35. The summed E-state index contributed by atoms with van der Waals surface area (Å²) < 4.78 is 5.16. The first-order valence-electron chi connectivity index (χ1n) is 6.12. The molecule has 0 saturated heterocycles. The fourth-order valence-electron chi connectivity index (χ4n) is 2.14. The van der Waals surface area contributed by atoms with Gasteiger partial charge in [0.2, 0.25) is 0 Å². The second-order valence-electron chi connectivity index (χ2n) is 4.56. The van der Waals surface area contributed by atoms with Crippen molar-refractivity contribution in [1.82, 2.24) is 4.98 Å². The molecule has 0 aliphatic rings. The van der Waals surface area contributed by atoms with Crippen LogP contribution in [-0.2, 0) is 16.8 Å². The van der Waals surface area contributed by atoms with Crippen LogP contribution in [0, 0.1) is 0 Å². The molecule has 0 bridgehead atoms. The van der Waals surface area contributed by atoms with Gasteiger partial charge in [0.1, 0.15) is 11.4 Å². The third kappa shape index (κ3) is 3.10. The van der Waals surface area contributed by atoms with Crippen molar-refractivity contribution in [2.24, 2.45) is 0 Å². The lowest BCUT2D eigenvalue weighted by Crippen LogP contribution is -2.34. The van der Waals surface area contributed by atoms with Crippen LogP contribution < -0.4 is 5.73 Å². The minimum atomic E-state index is -1.10. The van der Waals surface area contributed by atoms with Crippen LogP contribution in [0.15, 0.2) is 48.7 Å². The van der Waals surface area contributed by atoms with Gasteiger partial charge in [-0.05, 0) is 17.2 Å². The van der Waals surface area contributed by atoms with E-state index in [9.17, 15) is 5.11 Å². The summed E-state index contributed by atoms with van der Waals surface area (Å²) >= 11 is 0. The Morgan fingerprint density at radius 2 is 1.95 bits per heavy atom. The molecule has 0 amide bonds. The smallest absolute Gasteiger partial charge is 0.126 e. The maximum absolute atomic E-state index is 10.9. The Bertz CT molecular complexity index is 531. The van der Waals surface area contributed by atoms with E-state index in [-0.39, 0.29) is 6.61 Å². The van der Waals surface area contributed by atoms with Gasteiger partial charge in [0, 0.05) is 19.7 Å². The molecule has 1 aromatic carbocycles. The van der Waals surface area contributed by atoms with Gasteiger partial charge in [-0.15, -0.1) is 0 Å². The van der Waals surface area contributed by atoms with Crippen molar-refractivity contribution in [1.29, 1.82) is 0 Å². The molecule has 2 aromatic rings. The van der Waals surface area contributed by atoms with Gasteiger partial charge < -0.3 is 15.6 Å². The van der Waals surface area contributed by atoms with Crippen LogP contribution in [0.5, 0.6) is 0 Å². The number of anilines is 1. The molecule has 0 aliphatic carbocycles. The number of nitrogen functional groups attached to an aromatic ring is 1. The molecular formula is C15H18N2O2. The van der Waals surface area contributed by atoms with E-state index in [1.54, 1.807) is 13.3 Å². The van der Waals surface area contributed by atoms with Gasteiger partial charge in [-0.25, -0.2) is 4.98 Å². The summed E-state index contributed by atoms with van der Waals surface area (Å²) in [6, 6.07) is 13.1. The summed E-state index contributed by atoms with van der Waals surface area (Å²) in [7, 11) is 1.57. The standard InChI is InChI=1S/C15H18N2O2/c1-19-11-15(18,13-7-3-2-4-8-13)10-12-6-5-9-17-14(12)16/h2-9,18H,10-11H2,1H3,(H2,16,17). The van der Waals surface area contributed by atoms with Crippen LogP contribution in [0.2, 0.25) is 0 Å². The number of rotatable bonds is 5. The predicted molar refractivity (Wildman–Crippen MR) is 74.6 cm³/mol. The zero-order valence-electron chi connectivity index (χ0n) is 10.9. The van der Waals surface area contributed by atoms with Crippen molar-refractivity contribution < 1.29 is 9.84 Å². The van der Waals surface area contributed by atoms with Gasteiger partial charge in [0.15, 0.2) is 0 Å². The summed E-state index contributed by atoms with van der Waals surface area (Å²) in [4.78, 5) is 4.04. The predicted octanol–water partition coefficient (Wildman–Crippen LogP) is 1.74. The Morgan fingerprint density at radius 1 is 1.21 bits per heavy atom. The van der Waals surface area contributed by atoms with Gasteiger partial charge in [-0.1, -0.05) is 36.4 Å². The van der Waals surface area contributed by atoms with Crippen molar-refractivity contribution in [3.05, 3.63) is 59.8 Å². The van der Waals surface area contributed by atoms with Gasteiger partial charge in [0.05, 0.1) is 6.61 Å². The maximum atomic E-state index is 10.9. The van der Waals surface area contributed by atoms with Crippen molar-refractivity contribution >= 4 is 5.82 Å². The quantitative estimate of drug-likeness (QED) is 0.857. The number of aromatic nitrogens is 1. The van der Waals surface area contributed by atoms with Crippen LogP contribution >= 0.6 is 0 Å². The molecule has 3 N–H and O–H groups in total. The fourth-order valence-corrected chi connectivity index (χ4v) is 2.14. The van der Waals surface area contributed by atoms with E-state index in [4.69, 9.17) is 10.5 Å². The van der Waals surface area contributed by atoms with Crippen molar-refractivity contribution in [2.75, 3.05) is 19.5 Å². The highest BCUT2D eigenvalue weighted by molar-refractivity contribution is 5.40. The van der Waals surface area contributed by atoms with Crippen LogP contribution in [0.25, 0.3) is 0 Å². The third-order valence-corrected chi connectivity index (χ3v) is 3.10. The third-order valence-electron chi connectivity index (χ3n) is 3.10. The van der Waals surface area contributed by atoms with E-state index in [1.165, 1.54) is 0 Å². The molecule has 0 saturated carbocycles. The van der Waals surface area contributed by atoms with E-state index in [0.29, 0.717) is 12.2 Å². The summed E-state index contributed by atoms with van der Waals surface area (Å²) in [6.07, 6.45) is 2.00. The first-order valence-corrected chi connectivity index (χ1v) is 6.12. The number of pyridine rings is 1. The first kappa shape index (κ1) is 13.5. The summed E-state index contributed by atoms with van der Waals surface area (Å²) in [5.74, 6) is 0.438. The van der Waals surface area contributed by atoms with E-state index < -0.39 is 5.60 Å². The maximum Gasteiger partial charge on any atom is 0.126 e. The molecule has 1 aromatic heterocycles. The molecule has 1 atom stereocenters. The van der Waals surface area contributed by atoms with Gasteiger partial charge in [-0.2, -0.15) is 0 Å². The number of hydrogen-bond donors (Lipinski definition) is 2. The lowest BCUT2D eigenvalue weighted by molar-refractivity contribution is -0.0354. The van der Waals surface area contributed by atoms with E-state index in [2.05, 4.69) is 4.98 Å². The Balaban J connectivity index is 2.33. The van der Waals surface area contributed by atoms with E-state index in [1.807, 2.05) is 42.5 Å². The van der Waals surface area contributed by atoms with Crippen LogP contribution in [-0.4, -0.2) is 23.8 Å². The normalized spacial score (nSPS) is 14.0. The van der Waals surface area contributed by atoms with Crippen molar-refractivity contribution in [2.45, 2.75) is 12.0 Å². The molecule has 1 heterocycles. The SMILES string of the molecule is COCC(O)(Cc1cccnc1N)c1ccccc1. The minimum absolute atomic E-state index is 0.200. The number of hydrogen-bond acceptors (Lipinski definition) is 4. The molecule has 0 aliphatic heterocycles. The number of nitrogens with zero attached hydrogens (tertiary/aromatic N) is 1. The Labute approximate surface area is 112 Å². The second-order valence-corrected chi connectivity index (χ2v) is 4.56. The molecule has 2 rings (SSSR count). The average Bonchev–Trinajstić information content (AvgIpc) is 2.43. The monoisotopic (exact) mass is 258 g/mol. The summed E-state index contributed by atoms with van der Waals surface area (Å²) in [6.45, 7) is 0.200. The topological polar surface area (TPSA) is 68.4 Å². The highest BCUT2D eigenvalue weighted by Gasteiger charge is 2.30. The Kier molecular flexibility index (Phi) is 4.14.